The van der Waals surface area contributed by atoms with Crippen LogP contribution in [0.25, 0.3) is 0 Å². The number of rotatable bonds is 3. The van der Waals surface area contributed by atoms with Crippen molar-refractivity contribution >= 4 is 17.4 Å². The monoisotopic (exact) mass is 262 g/mol. The van der Waals surface area contributed by atoms with Crippen molar-refractivity contribution in [2.75, 3.05) is 25.5 Å². The number of nitrogens with one attached hydrogen (secondary N) is 2. The smallest absolute Gasteiger partial charge is 0.233 e. The highest BCUT2D eigenvalue weighted by molar-refractivity contribution is 6.01. The lowest BCUT2D eigenvalue weighted by Crippen LogP contribution is -2.33. The van der Waals surface area contributed by atoms with E-state index in [1.54, 1.807) is 25.2 Å². The molecule has 0 saturated heterocycles. The van der Waals surface area contributed by atoms with Crippen LogP contribution in [0, 0.1) is 5.41 Å². The van der Waals surface area contributed by atoms with Gasteiger partial charge in [-0.3, -0.25) is 9.59 Å². The predicted molar refractivity (Wildman–Crippen MR) is 72.6 cm³/mol. The molecule has 1 aromatic rings. The average molecular weight is 262 g/mol. The third-order valence-corrected chi connectivity index (χ3v) is 3.09. The maximum Gasteiger partial charge on any atom is 0.233 e. The summed E-state index contributed by atoms with van der Waals surface area (Å²) < 4.78 is 5.62. The van der Waals surface area contributed by atoms with Gasteiger partial charge in [0.25, 0.3) is 0 Å². The van der Waals surface area contributed by atoms with Gasteiger partial charge >= 0.3 is 0 Å². The molecule has 0 bridgehead atoms. The number of hydrogen-bond acceptors (Lipinski definition) is 4. The first-order valence-electron chi connectivity index (χ1n) is 6.20. The molecule has 1 amide bonds. The number of ether oxygens (including phenoxy) is 1. The maximum atomic E-state index is 12.0. The number of Topliss-reactive ketones (excluding diaryl/α,β-unsaturated/α-hetero) is 1. The molecule has 102 valence electrons. The van der Waals surface area contributed by atoms with Gasteiger partial charge in [0.1, 0.15) is 12.4 Å². The minimum absolute atomic E-state index is 0.0249. The van der Waals surface area contributed by atoms with Crippen LogP contribution in [-0.4, -0.2) is 31.9 Å². The lowest BCUT2D eigenvalue weighted by atomic mass is 9.94. The zero-order valence-corrected chi connectivity index (χ0v) is 11.4. The number of ketones is 1. The molecule has 0 aromatic heterocycles. The van der Waals surface area contributed by atoms with Crippen LogP contribution >= 0.6 is 0 Å². The Morgan fingerprint density at radius 3 is 2.89 bits per heavy atom. The molecule has 1 aliphatic rings. The Bertz CT molecular complexity index is 523. The van der Waals surface area contributed by atoms with Crippen molar-refractivity contribution in [1.29, 1.82) is 0 Å². The molecule has 1 heterocycles. The Labute approximate surface area is 112 Å². The summed E-state index contributed by atoms with van der Waals surface area (Å²) in [6, 6.07) is 5.09. The van der Waals surface area contributed by atoms with Gasteiger partial charge in [-0.25, -0.2) is 0 Å². The number of amides is 1. The minimum atomic E-state index is -0.589. The highest BCUT2D eigenvalue weighted by Gasteiger charge is 2.32. The van der Waals surface area contributed by atoms with E-state index in [9.17, 15) is 9.59 Å². The van der Waals surface area contributed by atoms with E-state index < -0.39 is 5.41 Å². The highest BCUT2D eigenvalue weighted by atomic mass is 16.5. The number of anilines is 1. The van der Waals surface area contributed by atoms with Crippen LogP contribution in [0.5, 0.6) is 5.75 Å². The van der Waals surface area contributed by atoms with E-state index in [-0.39, 0.29) is 18.2 Å². The van der Waals surface area contributed by atoms with Gasteiger partial charge in [-0.05, 0) is 39.1 Å². The van der Waals surface area contributed by atoms with Gasteiger partial charge in [-0.1, -0.05) is 0 Å². The van der Waals surface area contributed by atoms with Crippen LogP contribution in [0.2, 0.25) is 0 Å². The van der Waals surface area contributed by atoms with Gasteiger partial charge in [0.2, 0.25) is 5.91 Å². The van der Waals surface area contributed by atoms with E-state index in [0.29, 0.717) is 23.6 Å². The topological polar surface area (TPSA) is 67.4 Å². The summed E-state index contributed by atoms with van der Waals surface area (Å²) in [6.45, 7) is 4.22. The largest absolute Gasteiger partial charge is 0.490 e. The van der Waals surface area contributed by atoms with Crippen LogP contribution in [0.15, 0.2) is 18.2 Å². The molecule has 0 unspecified atom stereocenters. The Kier molecular flexibility index (Phi) is 3.57. The molecule has 5 nitrogen and oxygen atoms in total. The van der Waals surface area contributed by atoms with E-state index in [4.69, 9.17) is 4.74 Å². The first-order chi connectivity index (χ1) is 8.94. The number of hydrogen-bond donors (Lipinski definition) is 2. The Balaban J connectivity index is 2.32. The van der Waals surface area contributed by atoms with Crippen molar-refractivity contribution in [2.45, 2.75) is 13.8 Å². The van der Waals surface area contributed by atoms with Crippen LogP contribution in [0.3, 0.4) is 0 Å². The van der Waals surface area contributed by atoms with Crippen LogP contribution < -0.4 is 15.4 Å². The number of carbonyl (C=O) groups is 2. The predicted octanol–water partition coefficient (Wildman–Crippen LogP) is 1.45. The second-order valence-corrected chi connectivity index (χ2v) is 5.29. The van der Waals surface area contributed by atoms with Gasteiger partial charge in [-0.15, -0.1) is 0 Å². The molecule has 1 aliphatic heterocycles. The van der Waals surface area contributed by atoms with Gasteiger partial charge in [-0.2, -0.15) is 0 Å². The molecule has 19 heavy (non-hydrogen) atoms. The van der Waals surface area contributed by atoms with Gasteiger partial charge in [0, 0.05) is 5.56 Å². The summed E-state index contributed by atoms with van der Waals surface area (Å²) in [7, 11) is 1.72. The van der Waals surface area contributed by atoms with E-state index in [0.717, 1.165) is 0 Å². The fraction of sp³-hybridized carbons (Fsp3) is 0.429. The van der Waals surface area contributed by atoms with Crippen molar-refractivity contribution in [3.63, 3.8) is 0 Å². The molecule has 1 aromatic carbocycles. The Morgan fingerprint density at radius 1 is 1.47 bits per heavy atom. The number of carbonyl (C=O) groups excluding carboxylic acids is 2. The molecule has 5 heteroatoms. The summed E-state index contributed by atoms with van der Waals surface area (Å²) in [5.74, 6) is 0.465. The molecular formula is C14H18N2O3. The van der Waals surface area contributed by atoms with Crippen molar-refractivity contribution in [3.8, 4) is 5.75 Å². The first kappa shape index (κ1) is 13.5. The third kappa shape index (κ3) is 2.76. The average Bonchev–Trinajstić information content (AvgIpc) is 2.47. The Hall–Kier alpha value is -1.88. The van der Waals surface area contributed by atoms with Gasteiger partial charge in [0.15, 0.2) is 5.78 Å². The standard InChI is InChI=1S/C14H18N2O3/c1-14(2)8-19-12-5-4-9(11(17)7-15-3)6-10(12)16-13(14)18/h4-6,15H,7-8H2,1-3H3,(H,16,18). The van der Waals surface area contributed by atoms with Crippen LogP contribution in [0.4, 0.5) is 5.69 Å². The molecule has 0 aliphatic carbocycles. The summed E-state index contributed by atoms with van der Waals surface area (Å²) in [5, 5.41) is 5.63. The van der Waals surface area contributed by atoms with Crippen molar-refractivity contribution < 1.29 is 14.3 Å². The molecule has 0 spiro atoms. The van der Waals surface area contributed by atoms with Gasteiger partial charge in [0.05, 0.1) is 17.6 Å². The second kappa shape index (κ2) is 5.01. The maximum absolute atomic E-state index is 12.0. The van der Waals surface area contributed by atoms with Crippen molar-refractivity contribution in [3.05, 3.63) is 23.8 Å². The minimum Gasteiger partial charge on any atom is -0.490 e. The number of likely N-dealkylation sites (N-methyl/N-ethyl adjacent to an activating group) is 1. The van der Waals surface area contributed by atoms with Crippen LogP contribution in [0.1, 0.15) is 24.2 Å². The molecular weight excluding hydrogens is 244 g/mol. The number of fused-ring (bicyclic) bond motifs is 1. The fourth-order valence-electron chi connectivity index (χ4n) is 1.80. The summed E-state index contributed by atoms with van der Waals surface area (Å²) in [4.78, 5) is 23.8. The van der Waals surface area contributed by atoms with E-state index in [2.05, 4.69) is 10.6 Å². The van der Waals surface area contributed by atoms with Crippen molar-refractivity contribution in [2.24, 2.45) is 5.41 Å². The quantitative estimate of drug-likeness (QED) is 0.809. The molecule has 2 rings (SSSR count). The fourth-order valence-corrected chi connectivity index (χ4v) is 1.80. The van der Waals surface area contributed by atoms with Crippen LogP contribution in [-0.2, 0) is 4.79 Å². The molecule has 2 N–H and O–H groups in total. The van der Waals surface area contributed by atoms with Gasteiger partial charge < -0.3 is 15.4 Å². The zero-order chi connectivity index (χ0) is 14.0. The summed E-state index contributed by atoms with van der Waals surface area (Å²) >= 11 is 0. The lowest BCUT2D eigenvalue weighted by molar-refractivity contribution is -0.124. The lowest BCUT2D eigenvalue weighted by Gasteiger charge is -2.18. The molecule has 0 radical (unpaired) electrons. The van der Waals surface area contributed by atoms with E-state index >= 15 is 0 Å². The summed E-state index contributed by atoms with van der Waals surface area (Å²) in [6.07, 6.45) is 0. The highest BCUT2D eigenvalue weighted by Crippen LogP contribution is 2.32. The second-order valence-electron chi connectivity index (χ2n) is 5.29. The molecule has 0 fully saturated rings. The third-order valence-electron chi connectivity index (χ3n) is 3.09. The SMILES string of the molecule is CNCC(=O)c1ccc2c(c1)NC(=O)C(C)(C)CO2. The first-order valence-corrected chi connectivity index (χ1v) is 6.20. The molecule has 0 saturated carbocycles. The Morgan fingerprint density at radius 2 is 2.21 bits per heavy atom. The summed E-state index contributed by atoms with van der Waals surface area (Å²) in [5.41, 5.74) is 0.517. The number of benzene rings is 1. The van der Waals surface area contributed by atoms with E-state index in [1.807, 2.05) is 13.8 Å². The normalized spacial score (nSPS) is 16.9. The van der Waals surface area contributed by atoms with E-state index in [1.165, 1.54) is 0 Å². The molecule has 0 atom stereocenters. The van der Waals surface area contributed by atoms with Crippen molar-refractivity contribution in [1.82, 2.24) is 5.32 Å². The zero-order valence-electron chi connectivity index (χ0n) is 11.4.